The highest BCUT2D eigenvalue weighted by atomic mass is 19.4. The standard InChI is InChI=1S/C31H34F3N5/c1-22-7-8-25(18-24(22)10-12-30-35-20-28-6-4-5-13-39(28)30)23(2)36-27-11-9-26(29(19-27)31(32,33)34)21-38-16-14-37(3)15-17-38/h4-9,11,13,19-20,23,25,36H,14-18,21H2,1-3H3. The molecule has 1 N–H and O–H groups in total. The highest BCUT2D eigenvalue weighted by Gasteiger charge is 2.34. The fourth-order valence-corrected chi connectivity index (χ4v) is 5.18. The number of piperazine rings is 1. The molecule has 3 aromatic rings. The molecule has 2 aromatic heterocycles. The predicted molar refractivity (Wildman–Crippen MR) is 149 cm³/mol. The molecule has 0 spiro atoms. The van der Waals surface area contributed by atoms with E-state index < -0.39 is 11.7 Å². The monoisotopic (exact) mass is 533 g/mol. The fourth-order valence-electron chi connectivity index (χ4n) is 5.18. The van der Waals surface area contributed by atoms with E-state index in [1.165, 1.54) is 6.07 Å². The van der Waals surface area contributed by atoms with Gasteiger partial charge in [0.25, 0.3) is 0 Å². The largest absolute Gasteiger partial charge is 0.416 e. The molecular weight excluding hydrogens is 499 g/mol. The molecule has 1 aliphatic carbocycles. The van der Waals surface area contributed by atoms with E-state index in [4.69, 9.17) is 0 Å². The molecule has 1 saturated heterocycles. The molecule has 8 heteroatoms. The normalized spacial score (nSPS) is 19.7. The third kappa shape index (κ3) is 6.38. The topological polar surface area (TPSA) is 35.8 Å². The van der Waals surface area contributed by atoms with Gasteiger partial charge in [-0.25, -0.2) is 4.98 Å². The number of likely N-dealkylation sites (N-methyl/N-ethyl adjacent to an activating group) is 1. The molecule has 0 amide bonds. The van der Waals surface area contributed by atoms with Crippen LogP contribution in [0, 0.1) is 17.8 Å². The Morgan fingerprint density at radius 2 is 1.90 bits per heavy atom. The van der Waals surface area contributed by atoms with E-state index in [1.807, 2.05) is 49.7 Å². The first-order chi connectivity index (χ1) is 18.7. The molecule has 1 aromatic carbocycles. The Bertz CT molecular complexity index is 1450. The molecule has 2 unspecified atom stereocenters. The molecule has 2 aliphatic rings. The smallest absolute Gasteiger partial charge is 0.382 e. The van der Waals surface area contributed by atoms with Gasteiger partial charge in [0, 0.05) is 62.1 Å². The van der Waals surface area contributed by atoms with Crippen LogP contribution in [0.3, 0.4) is 0 Å². The number of hydrogen-bond acceptors (Lipinski definition) is 4. The minimum absolute atomic E-state index is 0.0806. The van der Waals surface area contributed by atoms with Crippen LogP contribution >= 0.6 is 0 Å². The van der Waals surface area contributed by atoms with E-state index >= 15 is 0 Å². The van der Waals surface area contributed by atoms with Crippen LogP contribution in [0.1, 0.15) is 37.2 Å². The quantitative estimate of drug-likeness (QED) is 0.418. The van der Waals surface area contributed by atoms with Gasteiger partial charge in [0.2, 0.25) is 0 Å². The van der Waals surface area contributed by atoms with Crippen molar-refractivity contribution in [3.63, 3.8) is 0 Å². The summed E-state index contributed by atoms with van der Waals surface area (Å²) in [5, 5.41) is 3.33. The first-order valence-corrected chi connectivity index (χ1v) is 13.4. The van der Waals surface area contributed by atoms with Gasteiger partial charge < -0.3 is 10.2 Å². The number of anilines is 1. The van der Waals surface area contributed by atoms with Crippen LogP contribution in [-0.2, 0) is 12.7 Å². The van der Waals surface area contributed by atoms with Crippen molar-refractivity contribution in [2.45, 2.75) is 39.0 Å². The Labute approximate surface area is 228 Å². The van der Waals surface area contributed by atoms with Crippen LogP contribution in [0.5, 0.6) is 0 Å². The van der Waals surface area contributed by atoms with Crippen LogP contribution in [0.15, 0.2) is 72.1 Å². The molecular formula is C31H34F3N5. The minimum Gasteiger partial charge on any atom is -0.382 e. The number of hydrogen-bond donors (Lipinski definition) is 1. The zero-order valence-electron chi connectivity index (χ0n) is 22.6. The second-order valence-corrected chi connectivity index (χ2v) is 10.6. The summed E-state index contributed by atoms with van der Waals surface area (Å²) in [7, 11) is 2.04. The summed E-state index contributed by atoms with van der Waals surface area (Å²) >= 11 is 0. The van der Waals surface area contributed by atoms with Gasteiger partial charge in [-0.2, -0.15) is 13.2 Å². The van der Waals surface area contributed by atoms with Gasteiger partial charge in [-0.15, -0.1) is 0 Å². The highest BCUT2D eigenvalue weighted by molar-refractivity contribution is 5.52. The van der Waals surface area contributed by atoms with Crippen molar-refractivity contribution in [3.8, 4) is 11.8 Å². The van der Waals surface area contributed by atoms with Crippen LogP contribution < -0.4 is 5.32 Å². The van der Waals surface area contributed by atoms with E-state index in [2.05, 4.69) is 44.1 Å². The van der Waals surface area contributed by atoms with Crippen LogP contribution in [-0.4, -0.2) is 58.5 Å². The van der Waals surface area contributed by atoms with Crippen LogP contribution in [0.25, 0.3) is 5.52 Å². The van der Waals surface area contributed by atoms with Gasteiger partial charge in [-0.3, -0.25) is 9.30 Å². The van der Waals surface area contributed by atoms with E-state index in [9.17, 15) is 13.2 Å². The maximum Gasteiger partial charge on any atom is 0.416 e. The van der Waals surface area contributed by atoms with Gasteiger partial charge >= 0.3 is 6.18 Å². The molecule has 5 nitrogen and oxygen atoms in total. The molecule has 0 radical (unpaired) electrons. The molecule has 2 atom stereocenters. The third-order valence-corrected chi connectivity index (χ3v) is 7.71. The minimum atomic E-state index is -4.41. The summed E-state index contributed by atoms with van der Waals surface area (Å²) < 4.78 is 44.1. The van der Waals surface area contributed by atoms with Crippen molar-refractivity contribution in [2.75, 3.05) is 38.5 Å². The second kappa shape index (κ2) is 11.3. The first kappa shape index (κ1) is 27.0. The molecule has 0 saturated carbocycles. The van der Waals surface area contributed by atoms with Gasteiger partial charge in [-0.05, 0) is 68.6 Å². The van der Waals surface area contributed by atoms with E-state index in [-0.39, 0.29) is 12.0 Å². The lowest BCUT2D eigenvalue weighted by Crippen LogP contribution is -2.44. The van der Waals surface area contributed by atoms with Crippen molar-refractivity contribution in [1.29, 1.82) is 0 Å². The SMILES string of the molecule is CC1=C(C#Cc2ncc3ccccn23)CC(C(C)Nc2ccc(CN3CCN(C)CC3)c(C(F)(F)F)c2)C=C1. The number of benzene rings is 1. The zero-order chi connectivity index (χ0) is 27.6. The van der Waals surface area contributed by atoms with Crippen LogP contribution in [0.4, 0.5) is 18.9 Å². The molecule has 5 rings (SSSR count). The summed E-state index contributed by atoms with van der Waals surface area (Å²) in [5.74, 6) is 7.28. The predicted octanol–water partition coefficient (Wildman–Crippen LogP) is 5.85. The zero-order valence-corrected chi connectivity index (χ0v) is 22.6. The number of pyridine rings is 1. The Morgan fingerprint density at radius 1 is 1.10 bits per heavy atom. The number of alkyl halides is 3. The number of nitrogens with zero attached hydrogens (tertiary/aromatic N) is 4. The van der Waals surface area contributed by atoms with Crippen LogP contribution in [0.2, 0.25) is 0 Å². The highest BCUT2D eigenvalue weighted by Crippen LogP contribution is 2.35. The Hall–Kier alpha value is -3.54. The number of allylic oxidation sites excluding steroid dienone is 3. The lowest BCUT2D eigenvalue weighted by atomic mass is 9.86. The Balaban J connectivity index is 1.28. The average molecular weight is 534 g/mol. The molecule has 1 fully saturated rings. The lowest BCUT2D eigenvalue weighted by Gasteiger charge is -2.33. The number of nitrogens with one attached hydrogen (secondary N) is 1. The molecule has 1 aliphatic heterocycles. The second-order valence-electron chi connectivity index (χ2n) is 10.6. The Morgan fingerprint density at radius 3 is 2.67 bits per heavy atom. The third-order valence-electron chi connectivity index (χ3n) is 7.71. The Kier molecular flexibility index (Phi) is 7.83. The molecule has 39 heavy (non-hydrogen) atoms. The number of rotatable bonds is 5. The van der Waals surface area contributed by atoms with Gasteiger partial charge in [-0.1, -0.05) is 30.2 Å². The van der Waals surface area contributed by atoms with Crippen molar-refractivity contribution in [3.05, 3.63) is 89.0 Å². The van der Waals surface area contributed by atoms with Gasteiger partial charge in [0.1, 0.15) is 0 Å². The van der Waals surface area contributed by atoms with Crippen molar-refractivity contribution in [2.24, 2.45) is 5.92 Å². The van der Waals surface area contributed by atoms with E-state index in [1.54, 1.807) is 18.3 Å². The van der Waals surface area contributed by atoms with Gasteiger partial charge in [0.15, 0.2) is 5.82 Å². The number of fused-ring (bicyclic) bond motifs is 1. The van der Waals surface area contributed by atoms with E-state index in [0.29, 0.717) is 30.0 Å². The molecule has 204 valence electrons. The van der Waals surface area contributed by atoms with Gasteiger partial charge in [0.05, 0.1) is 17.3 Å². The molecule has 3 heterocycles. The summed E-state index contributed by atoms with van der Waals surface area (Å²) in [6.45, 7) is 7.63. The summed E-state index contributed by atoms with van der Waals surface area (Å²) in [6.07, 6.45) is 4.21. The van der Waals surface area contributed by atoms with E-state index in [0.717, 1.165) is 42.8 Å². The summed E-state index contributed by atoms with van der Waals surface area (Å²) in [5.41, 5.74) is 3.34. The summed E-state index contributed by atoms with van der Waals surface area (Å²) in [4.78, 5) is 8.72. The number of imidazole rings is 1. The lowest BCUT2D eigenvalue weighted by molar-refractivity contribution is -0.138. The maximum absolute atomic E-state index is 14.0. The van der Waals surface area contributed by atoms with Crippen molar-refractivity contribution >= 4 is 11.2 Å². The fraction of sp³-hybridized carbons (Fsp3) is 0.387. The average Bonchev–Trinajstić information content (AvgIpc) is 3.33. The molecule has 0 bridgehead atoms. The summed E-state index contributed by atoms with van der Waals surface area (Å²) in [6, 6.07) is 10.5. The van der Waals surface area contributed by atoms with Crippen molar-refractivity contribution < 1.29 is 13.2 Å². The number of aromatic nitrogens is 2. The van der Waals surface area contributed by atoms with Crippen molar-refractivity contribution in [1.82, 2.24) is 19.2 Å². The number of halogens is 3. The maximum atomic E-state index is 14.0. The first-order valence-electron chi connectivity index (χ1n) is 13.4.